The van der Waals surface area contributed by atoms with Crippen LogP contribution in [0.2, 0.25) is 0 Å². The van der Waals surface area contributed by atoms with Gasteiger partial charge in [-0.05, 0) is 106 Å². The van der Waals surface area contributed by atoms with Crippen LogP contribution in [0.25, 0.3) is 0 Å². The van der Waals surface area contributed by atoms with E-state index in [0.29, 0.717) is 40.1 Å². The van der Waals surface area contributed by atoms with Gasteiger partial charge in [-0.15, -0.1) is 0 Å². The van der Waals surface area contributed by atoms with E-state index in [-0.39, 0.29) is 5.82 Å². The molecule has 4 rings (SSSR count). The van der Waals surface area contributed by atoms with Crippen molar-refractivity contribution in [1.82, 2.24) is 19.6 Å². The average molecular weight is 579 g/mol. The van der Waals surface area contributed by atoms with Gasteiger partial charge in [0.2, 0.25) is 0 Å². The molecule has 1 aliphatic heterocycles. The zero-order chi connectivity index (χ0) is 29.7. The van der Waals surface area contributed by atoms with Gasteiger partial charge in [-0.1, -0.05) is 0 Å². The highest BCUT2D eigenvalue weighted by Gasteiger charge is 2.26. The first kappa shape index (κ1) is 31.8. The third-order valence-electron chi connectivity index (χ3n) is 6.52. The normalized spacial score (nSPS) is 17.4. The van der Waals surface area contributed by atoms with Gasteiger partial charge < -0.3 is 16.4 Å². The molecule has 9 nitrogen and oxygen atoms in total. The molecule has 3 aromatic rings. The number of benzene rings is 2. The Morgan fingerprint density at radius 2 is 2.02 bits per heavy atom. The highest BCUT2D eigenvalue weighted by atomic mass is 32.2. The Morgan fingerprint density at radius 1 is 1.24 bits per heavy atom. The number of nitrogens with one attached hydrogen (secondary N) is 2. The lowest BCUT2D eigenvalue weighted by Gasteiger charge is -2.35. The summed E-state index contributed by atoms with van der Waals surface area (Å²) in [7, 11) is -1.11. The Bertz CT molecular complexity index is 1430. The molecule has 2 aromatic carbocycles. The first-order valence-corrected chi connectivity index (χ1v) is 15.0. The van der Waals surface area contributed by atoms with Crippen molar-refractivity contribution in [1.29, 1.82) is 0 Å². The van der Waals surface area contributed by atoms with Gasteiger partial charge in [-0.25, -0.2) is 17.9 Å². The number of allylic oxidation sites excluding steroid dienone is 1. The summed E-state index contributed by atoms with van der Waals surface area (Å²) in [6.07, 6.45) is 10.4. The number of aryl methyl sites for hydroxylation is 1. The van der Waals surface area contributed by atoms with Crippen LogP contribution < -0.4 is 16.4 Å². The lowest BCUT2D eigenvalue weighted by molar-refractivity contribution is 0.268. The molecule has 0 saturated carbocycles. The number of anilines is 1. The fraction of sp³-hybridized carbons (Fsp3) is 0.300. The van der Waals surface area contributed by atoms with Crippen LogP contribution in [0.5, 0.6) is 0 Å². The van der Waals surface area contributed by atoms with Crippen LogP contribution >= 0.6 is 0 Å². The summed E-state index contributed by atoms with van der Waals surface area (Å²) < 4.78 is 29.2. The third-order valence-corrected chi connectivity index (χ3v) is 8.69. The van der Waals surface area contributed by atoms with Crippen LogP contribution in [0, 0.1) is 18.7 Å². The van der Waals surface area contributed by atoms with Gasteiger partial charge in [0.1, 0.15) is 11.6 Å². The van der Waals surface area contributed by atoms with E-state index in [9.17, 15) is 8.60 Å². The molecule has 2 atom stereocenters. The number of aromatic nitrogens is 2. The summed E-state index contributed by atoms with van der Waals surface area (Å²) in [5.74, 6) is 4.72. The molecular formula is C30H39FN8OS. The molecule has 1 aliphatic rings. The number of nitrogens with two attached hydrogens (primary N) is 1. The van der Waals surface area contributed by atoms with Gasteiger partial charge in [0, 0.05) is 55.0 Å². The molecule has 218 valence electrons. The van der Waals surface area contributed by atoms with Gasteiger partial charge in [-0.3, -0.25) is 15.0 Å². The second-order valence-corrected chi connectivity index (χ2v) is 11.7. The van der Waals surface area contributed by atoms with E-state index in [1.807, 2.05) is 28.6 Å². The Labute approximate surface area is 242 Å². The van der Waals surface area contributed by atoms with E-state index in [0.717, 1.165) is 38.2 Å². The van der Waals surface area contributed by atoms with E-state index in [1.54, 1.807) is 49.9 Å². The molecular weight excluding hydrogens is 539 g/mol. The van der Waals surface area contributed by atoms with E-state index >= 15 is 0 Å². The molecule has 0 spiro atoms. The van der Waals surface area contributed by atoms with Crippen LogP contribution in [-0.4, -0.2) is 64.0 Å². The van der Waals surface area contributed by atoms with Crippen molar-refractivity contribution in [2.24, 2.45) is 21.6 Å². The maximum atomic E-state index is 13.7. The van der Waals surface area contributed by atoms with E-state index in [4.69, 9.17) is 0 Å². The second-order valence-electron chi connectivity index (χ2n) is 9.44. The summed E-state index contributed by atoms with van der Waals surface area (Å²) in [6, 6.07) is 12.0. The standard InChI is InChI=1S/C29H34FN7OS.CH5N/c1-22-17-25(8-11-28(22)30)36-29(31-2)12-13-34-24-6-9-27(10-7-24)39(3,38)37-16-4-5-23(21-37)18-33-20-26-19-32-14-15-35-26;1-2/h6-15,17,19,23,33,36H,2-5,16,18,20-21H2,1H3;2H2,1H3/b29-12+,34-13?;. The lowest BCUT2D eigenvalue weighted by Crippen LogP contribution is -2.42. The Kier molecular flexibility index (Phi) is 12.3. The van der Waals surface area contributed by atoms with Crippen molar-refractivity contribution < 1.29 is 8.60 Å². The van der Waals surface area contributed by atoms with Crippen molar-refractivity contribution >= 4 is 39.9 Å². The van der Waals surface area contributed by atoms with Crippen molar-refractivity contribution in [3.05, 3.63) is 90.0 Å². The van der Waals surface area contributed by atoms with Crippen LogP contribution in [0.1, 0.15) is 24.1 Å². The minimum Gasteiger partial charge on any atom is -0.340 e. The smallest absolute Gasteiger partial charge is 0.131 e. The molecule has 0 amide bonds. The number of hydrogen-bond acceptors (Lipinski definition) is 8. The summed E-state index contributed by atoms with van der Waals surface area (Å²) in [5, 5.41) is 6.53. The first-order chi connectivity index (χ1) is 19.8. The highest BCUT2D eigenvalue weighted by Crippen LogP contribution is 2.25. The molecule has 1 fully saturated rings. The van der Waals surface area contributed by atoms with Crippen molar-refractivity contribution in [3.8, 4) is 0 Å². The maximum Gasteiger partial charge on any atom is 0.131 e. The summed E-state index contributed by atoms with van der Waals surface area (Å²) in [6.45, 7) is 8.23. The molecule has 2 heterocycles. The fourth-order valence-corrected chi connectivity index (χ4v) is 6.11. The lowest BCUT2D eigenvalue weighted by atomic mass is 10.00. The first-order valence-electron chi connectivity index (χ1n) is 13.3. The monoisotopic (exact) mass is 578 g/mol. The van der Waals surface area contributed by atoms with Crippen molar-refractivity contribution in [2.45, 2.75) is 31.2 Å². The van der Waals surface area contributed by atoms with E-state index in [1.165, 1.54) is 13.1 Å². The predicted molar refractivity (Wildman–Crippen MR) is 169 cm³/mol. The van der Waals surface area contributed by atoms with E-state index < -0.39 is 9.71 Å². The number of nitrogens with zero attached hydrogens (tertiary/aromatic N) is 5. The minimum absolute atomic E-state index is 0.263. The zero-order valence-electron chi connectivity index (χ0n) is 23.7. The quantitative estimate of drug-likeness (QED) is 0.230. The Hall–Kier alpha value is -3.77. The molecule has 4 N–H and O–H groups in total. The number of aliphatic imine (C=N–C) groups is 2. The topological polar surface area (TPSA) is 121 Å². The zero-order valence-corrected chi connectivity index (χ0v) is 24.5. The van der Waals surface area contributed by atoms with Gasteiger partial charge in [0.05, 0.1) is 21.1 Å². The van der Waals surface area contributed by atoms with E-state index in [2.05, 4.69) is 48.9 Å². The summed E-state index contributed by atoms with van der Waals surface area (Å²) >= 11 is 0. The molecule has 0 radical (unpaired) electrons. The minimum atomic E-state index is -2.61. The molecule has 0 bridgehead atoms. The SMILES string of the molecule is C=N/C(=C\C=Nc1ccc(S(=C)(=O)N2CCCC(CNCc3cnccn3)C2)cc1)Nc1ccc(F)c(C)c1.CN. The van der Waals surface area contributed by atoms with Crippen molar-refractivity contribution in [3.63, 3.8) is 0 Å². The molecule has 1 saturated heterocycles. The molecule has 1 aromatic heterocycles. The van der Waals surface area contributed by atoms with Gasteiger partial charge >= 0.3 is 0 Å². The summed E-state index contributed by atoms with van der Waals surface area (Å²) in [5.41, 5.74) is 7.35. The summed E-state index contributed by atoms with van der Waals surface area (Å²) in [4.78, 5) is 17.5. The fourth-order valence-electron chi connectivity index (χ4n) is 4.38. The average Bonchev–Trinajstić information content (AvgIpc) is 3.00. The van der Waals surface area contributed by atoms with Crippen LogP contribution in [0.4, 0.5) is 15.8 Å². The third kappa shape index (κ3) is 9.39. The molecule has 0 aliphatic carbocycles. The van der Waals surface area contributed by atoms with Gasteiger partial charge in [-0.2, -0.15) is 0 Å². The molecule has 2 unspecified atom stereocenters. The Morgan fingerprint density at radius 3 is 2.71 bits per heavy atom. The van der Waals surface area contributed by atoms with Crippen LogP contribution in [0.3, 0.4) is 0 Å². The second kappa shape index (κ2) is 15.9. The highest BCUT2D eigenvalue weighted by molar-refractivity contribution is 7.98. The number of piperidine rings is 1. The van der Waals surface area contributed by atoms with Crippen LogP contribution in [-0.2, 0) is 16.3 Å². The molecule has 11 heteroatoms. The largest absolute Gasteiger partial charge is 0.340 e. The van der Waals surface area contributed by atoms with Gasteiger partial charge in [0.25, 0.3) is 0 Å². The number of hydrogen-bond donors (Lipinski definition) is 3. The maximum absolute atomic E-state index is 13.7. The molecule has 41 heavy (non-hydrogen) atoms. The van der Waals surface area contributed by atoms with Crippen molar-refractivity contribution in [2.75, 3.05) is 32.0 Å². The number of halogens is 1. The van der Waals surface area contributed by atoms with Crippen LogP contribution in [0.15, 0.2) is 87.8 Å². The van der Waals surface area contributed by atoms with Gasteiger partial charge in [0.15, 0.2) is 0 Å². The predicted octanol–water partition coefficient (Wildman–Crippen LogP) is 4.35. The Balaban J connectivity index is 0.00000226. The number of rotatable bonds is 11.